The van der Waals surface area contributed by atoms with Gasteiger partial charge in [-0.15, -0.1) is 0 Å². The largest absolute Gasteiger partial charge is 0.440 e. The van der Waals surface area contributed by atoms with Crippen LogP contribution >= 0.6 is 0 Å². The first-order valence-corrected chi connectivity index (χ1v) is 25.7. The van der Waals surface area contributed by atoms with Crippen LogP contribution < -0.4 is 31.1 Å². The number of aryl methyl sites for hydroxylation is 1. The summed E-state index contributed by atoms with van der Waals surface area (Å²) < 4.78 is 7.74. The van der Waals surface area contributed by atoms with Crippen LogP contribution in [0.4, 0.5) is 45.7 Å². The summed E-state index contributed by atoms with van der Waals surface area (Å²) in [5, 5.41) is 1.25. The Morgan fingerprint density at radius 3 is 1.75 bits per heavy atom. The quantitative estimate of drug-likeness (QED) is 0.165. The molecule has 0 radical (unpaired) electrons. The van der Waals surface area contributed by atoms with E-state index in [4.69, 9.17) is 4.42 Å². The minimum absolute atomic E-state index is 0.0319. The van der Waals surface area contributed by atoms with Crippen LogP contribution in [0.2, 0.25) is 0 Å². The lowest BCUT2D eigenvalue weighted by molar-refractivity contribution is 0.195. The van der Waals surface area contributed by atoms with Gasteiger partial charge >= 0.3 is 0 Å². The normalized spacial score (nSPS) is 22.1. The van der Waals surface area contributed by atoms with Gasteiger partial charge in [0.15, 0.2) is 0 Å². The predicted molar refractivity (Wildman–Crippen MR) is 290 cm³/mol. The molecule has 12 rings (SSSR count). The molecule has 3 aliphatic heterocycles. The Morgan fingerprint density at radius 1 is 0.529 bits per heavy atom. The lowest BCUT2D eigenvalue weighted by atomic mass is 9.33. The number of anilines is 8. The van der Waals surface area contributed by atoms with Crippen molar-refractivity contribution in [3.8, 4) is 0 Å². The summed E-state index contributed by atoms with van der Waals surface area (Å²) in [7, 11) is 0. The van der Waals surface area contributed by atoms with Gasteiger partial charge in [0, 0.05) is 61.6 Å². The van der Waals surface area contributed by atoms with Gasteiger partial charge in [-0.3, -0.25) is 4.90 Å². The van der Waals surface area contributed by atoms with E-state index in [9.17, 15) is 0 Å². The smallest absolute Gasteiger partial charge is 0.257 e. The molecule has 0 bridgehead atoms. The van der Waals surface area contributed by atoms with E-state index in [2.05, 4.69) is 220 Å². The molecule has 1 saturated carbocycles. The topological polar surface area (TPSA) is 22.9 Å². The number of fused-ring (bicyclic) bond motifs is 11. The zero-order valence-electron chi connectivity index (χ0n) is 43.0. The van der Waals surface area contributed by atoms with Crippen LogP contribution in [0, 0.1) is 6.92 Å². The van der Waals surface area contributed by atoms with Crippen molar-refractivity contribution in [2.24, 2.45) is 0 Å². The van der Waals surface area contributed by atoms with Crippen LogP contribution in [0.25, 0.3) is 11.0 Å². The van der Waals surface area contributed by atoms with Gasteiger partial charge in [-0.05, 0) is 155 Å². The van der Waals surface area contributed by atoms with Gasteiger partial charge < -0.3 is 14.2 Å². The Balaban J connectivity index is 1.21. The third-order valence-electron chi connectivity index (χ3n) is 18.0. The molecule has 4 heterocycles. The maximum atomic E-state index is 7.74. The van der Waals surface area contributed by atoms with Gasteiger partial charge in [0.25, 0.3) is 6.71 Å². The standard InChI is InChI=1S/C63H70BN3O/c1-39-35-51-55-52(36-39)66(43-27-23-41(24-28-43)59(5,6)7)57-54(45-29-30-46-53(56(45)68-57)61(10,11)34-33-60(46,8)9)64(55)48-37-47-49(38-50(48)65(51)42-25-21-40(22-26-42)58(2,3)4)67(44-19-15-14-16-20-44)63(13)32-18-17-31-62(47,63)12/h14-16,19-30,35-38H,17-18,31-34H2,1-13H3. The molecule has 68 heavy (non-hydrogen) atoms. The average Bonchev–Trinajstić information content (AvgIpc) is 3.76. The summed E-state index contributed by atoms with van der Waals surface area (Å²) in [6.07, 6.45) is 7.07. The van der Waals surface area contributed by atoms with Gasteiger partial charge in [0.2, 0.25) is 5.88 Å². The molecule has 5 heteroatoms. The molecule has 1 fully saturated rings. The first kappa shape index (κ1) is 43.6. The van der Waals surface area contributed by atoms with E-state index in [0.717, 1.165) is 42.8 Å². The molecule has 6 aromatic carbocycles. The summed E-state index contributed by atoms with van der Waals surface area (Å²) in [6.45, 7) is 31.0. The van der Waals surface area contributed by atoms with E-state index < -0.39 is 0 Å². The van der Waals surface area contributed by atoms with E-state index in [1.54, 1.807) is 0 Å². The van der Waals surface area contributed by atoms with Crippen LogP contribution in [0.1, 0.15) is 155 Å². The number of furan rings is 1. The Bertz CT molecular complexity index is 3200. The fourth-order valence-electron chi connectivity index (χ4n) is 13.8. The second-order valence-electron chi connectivity index (χ2n) is 25.3. The number of benzene rings is 6. The Hall–Kier alpha value is -5.68. The van der Waals surface area contributed by atoms with Crippen molar-refractivity contribution in [2.45, 2.75) is 161 Å². The molecule has 346 valence electrons. The molecular weight excluding hydrogens is 826 g/mol. The van der Waals surface area contributed by atoms with Crippen molar-refractivity contribution in [1.82, 2.24) is 0 Å². The summed E-state index contributed by atoms with van der Waals surface area (Å²) in [6, 6.07) is 45.2. The van der Waals surface area contributed by atoms with Crippen molar-refractivity contribution < 1.29 is 4.42 Å². The monoisotopic (exact) mass is 896 g/mol. The van der Waals surface area contributed by atoms with E-state index in [1.807, 2.05) is 0 Å². The van der Waals surface area contributed by atoms with Crippen molar-refractivity contribution in [1.29, 1.82) is 0 Å². The lowest BCUT2D eigenvalue weighted by Gasteiger charge is -2.50. The Labute approximate surface area is 406 Å². The third-order valence-corrected chi connectivity index (χ3v) is 18.0. The highest BCUT2D eigenvalue weighted by molar-refractivity contribution is 7.01. The molecule has 2 aliphatic carbocycles. The number of hydrogen-bond acceptors (Lipinski definition) is 4. The first-order chi connectivity index (χ1) is 32.1. The second kappa shape index (κ2) is 14.2. The van der Waals surface area contributed by atoms with Crippen molar-refractivity contribution in [3.05, 3.63) is 149 Å². The Kier molecular flexibility index (Phi) is 9.11. The lowest BCUT2D eigenvalue weighted by Crippen LogP contribution is -2.61. The number of rotatable bonds is 3. The maximum Gasteiger partial charge on any atom is 0.257 e. The fraction of sp³-hybridized carbons (Fsp3) is 0.397. The molecule has 5 aliphatic rings. The summed E-state index contributed by atoms with van der Waals surface area (Å²) >= 11 is 0. The third kappa shape index (κ3) is 5.99. The van der Waals surface area contributed by atoms with Crippen molar-refractivity contribution >= 4 is 79.8 Å². The molecule has 2 atom stereocenters. The molecule has 0 spiro atoms. The molecule has 7 aromatic rings. The first-order valence-electron chi connectivity index (χ1n) is 25.7. The van der Waals surface area contributed by atoms with Gasteiger partial charge in [0.05, 0.1) is 5.54 Å². The second-order valence-corrected chi connectivity index (χ2v) is 25.3. The molecule has 1 aromatic heterocycles. The highest BCUT2D eigenvalue weighted by Gasteiger charge is 2.59. The number of hydrogen-bond donors (Lipinski definition) is 0. The molecule has 4 nitrogen and oxygen atoms in total. The average molecular weight is 896 g/mol. The fourth-order valence-corrected chi connectivity index (χ4v) is 13.8. The van der Waals surface area contributed by atoms with E-state index in [0.29, 0.717) is 0 Å². The minimum atomic E-state index is -0.0831. The molecule has 2 unspecified atom stereocenters. The van der Waals surface area contributed by atoms with Gasteiger partial charge in [-0.25, -0.2) is 0 Å². The van der Waals surface area contributed by atoms with Crippen LogP contribution in [0.5, 0.6) is 0 Å². The van der Waals surface area contributed by atoms with Crippen molar-refractivity contribution in [2.75, 3.05) is 14.7 Å². The predicted octanol–water partition coefficient (Wildman–Crippen LogP) is 15.5. The minimum Gasteiger partial charge on any atom is -0.440 e. The molecule has 0 amide bonds. The van der Waals surface area contributed by atoms with Crippen LogP contribution in [-0.2, 0) is 27.1 Å². The van der Waals surface area contributed by atoms with Gasteiger partial charge in [-0.1, -0.05) is 150 Å². The number of nitrogens with zero attached hydrogens (tertiary/aromatic N) is 3. The molecule has 0 saturated heterocycles. The zero-order chi connectivity index (χ0) is 47.7. The van der Waals surface area contributed by atoms with E-state index in [-0.39, 0.29) is 39.3 Å². The Morgan fingerprint density at radius 2 is 1.12 bits per heavy atom. The van der Waals surface area contributed by atoms with Gasteiger partial charge in [0.1, 0.15) is 5.58 Å². The molecular formula is C63H70BN3O. The zero-order valence-corrected chi connectivity index (χ0v) is 43.0. The number of para-hydroxylation sites is 1. The highest BCUT2D eigenvalue weighted by atomic mass is 16.4. The molecule has 0 N–H and O–H groups in total. The summed E-state index contributed by atoms with van der Waals surface area (Å²) in [5.74, 6) is 0.958. The van der Waals surface area contributed by atoms with Crippen molar-refractivity contribution in [3.63, 3.8) is 0 Å². The van der Waals surface area contributed by atoms with Crippen LogP contribution in [0.3, 0.4) is 0 Å². The van der Waals surface area contributed by atoms with Gasteiger partial charge in [-0.2, -0.15) is 0 Å². The van der Waals surface area contributed by atoms with E-state index in [1.165, 1.54) is 102 Å². The summed E-state index contributed by atoms with van der Waals surface area (Å²) in [5.41, 5.74) is 21.9. The summed E-state index contributed by atoms with van der Waals surface area (Å²) in [4.78, 5) is 7.87. The maximum absolute atomic E-state index is 7.74. The SMILES string of the molecule is Cc1cc2c3c(c1)N(c1ccc(C(C)(C)C)cc1)c1oc4c5c(ccc4c1B3c1cc3c(cc1N2c1ccc(C(C)(C)C)cc1)N(c1ccccc1)C1(C)CCCCC31C)C(C)(C)CCC5(C)C. The van der Waals surface area contributed by atoms with E-state index >= 15 is 0 Å². The van der Waals surface area contributed by atoms with Crippen LogP contribution in [0.15, 0.2) is 120 Å². The van der Waals surface area contributed by atoms with Crippen LogP contribution in [-0.4, -0.2) is 12.3 Å². The highest BCUT2D eigenvalue weighted by Crippen LogP contribution is 2.62.